The van der Waals surface area contributed by atoms with Crippen LogP contribution < -0.4 is 11.4 Å². The third-order valence-electron chi connectivity index (χ3n) is 6.10. The Morgan fingerprint density at radius 3 is 2.08 bits per heavy atom. The average Bonchev–Trinajstić information content (AvgIpc) is 2.89. The van der Waals surface area contributed by atoms with E-state index in [2.05, 4.69) is 11.9 Å². The van der Waals surface area contributed by atoms with Crippen molar-refractivity contribution in [2.75, 3.05) is 36.8 Å². The van der Waals surface area contributed by atoms with Crippen LogP contribution in [0.1, 0.15) is 96.8 Å². The summed E-state index contributed by atoms with van der Waals surface area (Å²) in [5, 5.41) is 9.47. The highest BCUT2D eigenvalue weighted by Gasteiger charge is 2.22. The molecule has 0 aliphatic heterocycles. The van der Waals surface area contributed by atoms with Crippen LogP contribution in [0, 0.1) is 0 Å². The van der Waals surface area contributed by atoms with E-state index in [1.165, 1.54) is 107 Å². The summed E-state index contributed by atoms with van der Waals surface area (Å²) in [6, 6.07) is 1.45. The second kappa shape index (κ2) is 23.2. The van der Waals surface area contributed by atoms with E-state index >= 15 is 0 Å². The van der Waals surface area contributed by atoms with E-state index in [1.807, 2.05) is 0 Å². The predicted molar refractivity (Wildman–Crippen MR) is 161 cm³/mol. The molecule has 38 heavy (non-hydrogen) atoms. The zero-order valence-electron chi connectivity index (χ0n) is 23.1. The number of nitrogens with zero attached hydrogens (tertiary/aromatic N) is 2. The quantitative estimate of drug-likeness (QED) is 0.0642. The molecule has 0 bridgehead atoms. The Morgan fingerprint density at radius 2 is 1.53 bits per heavy atom. The van der Waals surface area contributed by atoms with Gasteiger partial charge < -0.3 is 25.0 Å². The fourth-order valence-corrected chi connectivity index (χ4v) is 6.84. The summed E-state index contributed by atoms with van der Waals surface area (Å²) in [6.07, 6.45) is 19.0. The van der Waals surface area contributed by atoms with E-state index in [4.69, 9.17) is 15.0 Å². The number of hydrogen-bond donors (Lipinski definition) is 3. The topological polar surface area (TPSA) is 137 Å². The normalized spacial score (nSPS) is 14.0. The minimum Gasteiger partial charge on any atom is -0.394 e. The zero-order chi connectivity index (χ0) is 27.9. The minimum atomic E-state index is -3.96. The number of aliphatic hydroxyl groups is 1. The van der Waals surface area contributed by atoms with E-state index in [1.54, 1.807) is 21.6 Å². The SMILES string of the molecule is CCCCCCCCCCCCCCCCSSCCOP(=O)(O)COC(CO)Cn1ccc(N)nc1=O. The molecule has 0 spiro atoms. The lowest BCUT2D eigenvalue weighted by Gasteiger charge is -2.19. The fourth-order valence-electron chi connectivity index (χ4n) is 3.89. The Balaban J connectivity index is 1.94. The first kappa shape index (κ1) is 35.5. The summed E-state index contributed by atoms with van der Waals surface area (Å²) in [7, 11) is -0.552. The van der Waals surface area contributed by atoms with Gasteiger partial charge in [-0.25, -0.2) is 4.79 Å². The van der Waals surface area contributed by atoms with Crippen LogP contribution in [0.25, 0.3) is 0 Å². The van der Waals surface area contributed by atoms with Crippen molar-refractivity contribution in [2.24, 2.45) is 0 Å². The van der Waals surface area contributed by atoms with E-state index in [-0.39, 0.29) is 19.0 Å². The standard InChI is InChI=1S/C26H50N3O6PS2/c1-2-3-4-5-6-7-8-9-10-11-12-13-14-15-19-37-38-20-18-35-36(32,33)23-34-24(22-30)21-29-17-16-25(27)28-26(29)31/h16-17,24,30H,2-15,18-23H2,1H3,(H,32,33)(H2,27,28,31). The van der Waals surface area contributed by atoms with Crippen molar-refractivity contribution in [2.45, 2.75) is 109 Å². The zero-order valence-corrected chi connectivity index (χ0v) is 25.7. The second-order valence-corrected chi connectivity index (χ2v) is 14.1. The summed E-state index contributed by atoms with van der Waals surface area (Å²) in [5.74, 6) is 1.76. The van der Waals surface area contributed by atoms with Gasteiger partial charge in [-0.05, 0) is 12.5 Å². The van der Waals surface area contributed by atoms with E-state index in [0.717, 1.165) is 5.75 Å². The molecule has 1 aromatic rings. The van der Waals surface area contributed by atoms with Crippen LogP contribution in [-0.2, 0) is 20.4 Å². The fraction of sp³-hybridized carbons (Fsp3) is 0.846. The van der Waals surface area contributed by atoms with E-state index < -0.39 is 32.3 Å². The van der Waals surface area contributed by atoms with Crippen molar-refractivity contribution < 1.29 is 23.8 Å². The van der Waals surface area contributed by atoms with Crippen LogP contribution in [0.2, 0.25) is 0 Å². The number of aromatic nitrogens is 2. The van der Waals surface area contributed by atoms with Gasteiger partial charge in [0.1, 0.15) is 12.2 Å². The Hall–Kier alpha value is -0.550. The molecule has 1 rings (SSSR count). The van der Waals surface area contributed by atoms with Crippen LogP contribution in [-0.4, -0.2) is 56.7 Å². The molecule has 1 aromatic heterocycles. The Kier molecular flexibility index (Phi) is 21.6. The molecular weight excluding hydrogens is 545 g/mol. The highest BCUT2D eigenvalue weighted by atomic mass is 33.1. The monoisotopic (exact) mass is 595 g/mol. The molecule has 9 nitrogen and oxygen atoms in total. The smallest absolute Gasteiger partial charge is 0.353 e. The molecule has 222 valence electrons. The third-order valence-corrected chi connectivity index (χ3v) is 9.61. The third kappa shape index (κ3) is 19.5. The van der Waals surface area contributed by atoms with Crippen molar-refractivity contribution in [3.63, 3.8) is 0 Å². The van der Waals surface area contributed by atoms with Crippen LogP contribution in [0.5, 0.6) is 0 Å². The molecule has 0 saturated carbocycles. The molecule has 1 heterocycles. The molecule has 0 aromatic carbocycles. The molecule has 12 heteroatoms. The van der Waals surface area contributed by atoms with Gasteiger partial charge in [-0.15, -0.1) is 0 Å². The Morgan fingerprint density at radius 1 is 0.974 bits per heavy atom. The summed E-state index contributed by atoms with van der Waals surface area (Å²) in [5.41, 5.74) is 4.87. The lowest BCUT2D eigenvalue weighted by Crippen LogP contribution is -2.32. The summed E-state index contributed by atoms with van der Waals surface area (Å²) >= 11 is 0. The van der Waals surface area contributed by atoms with Gasteiger partial charge in [-0.1, -0.05) is 112 Å². The highest BCUT2D eigenvalue weighted by molar-refractivity contribution is 8.76. The largest absolute Gasteiger partial charge is 0.394 e. The predicted octanol–water partition coefficient (Wildman–Crippen LogP) is 6.23. The van der Waals surface area contributed by atoms with Gasteiger partial charge in [-0.3, -0.25) is 9.13 Å². The minimum absolute atomic E-state index is 0.0195. The first-order valence-corrected chi connectivity index (χ1v) is 18.4. The lowest BCUT2D eigenvalue weighted by atomic mass is 10.0. The number of aliphatic hydroxyl groups excluding tert-OH is 1. The first-order valence-electron chi connectivity index (χ1n) is 14.1. The summed E-state index contributed by atoms with van der Waals surface area (Å²) < 4.78 is 23.8. The molecular formula is C26H50N3O6PS2. The number of anilines is 1. The highest BCUT2D eigenvalue weighted by Crippen LogP contribution is 2.42. The molecule has 0 fully saturated rings. The van der Waals surface area contributed by atoms with Gasteiger partial charge >= 0.3 is 13.3 Å². The van der Waals surface area contributed by atoms with Crippen LogP contribution in [0.3, 0.4) is 0 Å². The summed E-state index contributed by atoms with van der Waals surface area (Å²) in [4.78, 5) is 25.4. The van der Waals surface area contributed by atoms with Crippen molar-refractivity contribution in [1.82, 2.24) is 9.55 Å². The molecule has 0 radical (unpaired) electrons. The molecule has 0 saturated heterocycles. The van der Waals surface area contributed by atoms with Gasteiger partial charge in [-0.2, -0.15) is 4.98 Å². The molecule has 0 aliphatic rings. The van der Waals surface area contributed by atoms with Crippen molar-refractivity contribution in [3.8, 4) is 0 Å². The number of hydrogen-bond acceptors (Lipinski definition) is 9. The van der Waals surface area contributed by atoms with E-state index in [0.29, 0.717) is 5.75 Å². The molecule has 4 N–H and O–H groups in total. The maximum atomic E-state index is 12.2. The molecule has 2 atom stereocenters. The van der Waals surface area contributed by atoms with Gasteiger partial charge in [0.25, 0.3) is 0 Å². The maximum Gasteiger partial charge on any atom is 0.353 e. The summed E-state index contributed by atoms with van der Waals surface area (Å²) in [6.45, 7) is 1.96. The second-order valence-electron chi connectivity index (χ2n) is 9.60. The number of ether oxygens (including phenoxy) is 1. The van der Waals surface area contributed by atoms with Crippen molar-refractivity contribution in [1.29, 1.82) is 0 Å². The van der Waals surface area contributed by atoms with Crippen molar-refractivity contribution in [3.05, 3.63) is 22.7 Å². The van der Waals surface area contributed by atoms with E-state index in [9.17, 15) is 19.4 Å². The van der Waals surface area contributed by atoms with Gasteiger partial charge in [0, 0.05) is 17.7 Å². The number of nitrogen functional groups attached to an aromatic ring is 1. The first-order chi connectivity index (χ1) is 18.4. The van der Waals surface area contributed by atoms with Crippen LogP contribution >= 0.6 is 29.2 Å². The maximum absolute atomic E-state index is 12.2. The number of unbranched alkanes of at least 4 members (excludes halogenated alkanes) is 13. The Labute approximate surface area is 237 Å². The van der Waals surface area contributed by atoms with Crippen LogP contribution in [0.15, 0.2) is 17.1 Å². The van der Waals surface area contributed by atoms with Gasteiger partial charge in [0.15, 0.2) is 0 Å². The molecule has 2 unspecified atom stereocenters. The lowest BCUT2D eigenvalue weighted by molar-refractivity contribution is 0.0170. The molecule has 0 aliphatic carbocycles. The number of rotatable bonds is 26. The van der Waals surface area contributed by atoms with Gasteiger partial charge in [0.2, 0.25) is 0 Å². The van der Waals surface area contributed by atoms with Crippen LogP contribution in [0.4, 0.5) is 5.82 Å². The molecule has 0 amide bonds. The van der Waals surface area contributed by atoms with Crippen molar-refractivity contribution >= 4 is 35.0 Å². The Bertz CT molecular complexity index is 817. The number of nitrogens with two attached hydrogens (primary N) is 1. The average molecular weight is 596 g/mol. The van der Waals surface area contributed by atoms with Gasteiger partial charge in [0.05, 0.1) is 25.9 Å².